The van der Waals surface area contributed by atoms with E-state index in [0.717, 1.165) is 25.0 Å². The van der Waals surface area contributed by atoms with Crippen LogP contribution in [0.15, 0.2) is 12.1 Å². The molecule has 3 amide bonds. The van der Waals surface area contributed by atoms with Gasteiger partial charge in [-0.05, 0) is 51.2 Å². The number of rotatable bonds is 8. The van der Waals surface area contributed by atoms with Crippen LogP contribution in [0.3, 0.4) is 0 Å². The molecule has 0 bridgehead atoms. The minimum atomic E-state index is -4.62. The summed E-state index contributed by atoms with van der Waals surface area (Å²) in [4.78, 5) is 39.4. The molecule has 1 aromatic rings. The first kappa shape index (κ1) is 23.6. The van der Waals surface area contributed by atoms with Gasteiger partial charge in [0.15, 0.2) is 0 Å². The van der Waals surface area contributed by atoms with E-state index in [1.54, 1.807) is 0 Å². The highest BCUT2D eigenvalue weighted by Crippen LogP contribution is 2.34. The van der Waals surface area contributed by atoms with Gasteiger partial charge in [-0.2, -0.15) is 18.4 Å². The van der Waals surface area contributed by atoms with Crippen molar-refractivity contribution in [3.8, 4) is 6.07 Å². The van der Waals surface area contributed by atoms with Gasteiger partial charge in [0, 0.05) is 11.5 Å². The van der Waals surface area contributed by atoms with E-state index in [9.17, 15) is 32.8 Å². The molecule has 4 N–H and O–H groups in total. The highest BCUT2D eigenvalue weighted by molar-refractivity contribution is 5.96. The van der Waals surface area contributed by atoms with Crippen LogP contribution >= 0.6 is 0 Å². The fourth-order valence-corrected chi connectivity index (χ4v) is 3.93. The molecular weight excluding hydrogens is 427 g/mol. The molecule has 2 aliphatic rings. The van der Waals surface area contributed by atoms with Crippen molar-refractivity contribution in [1.82, 2.24) is 20.9 Å². The highest BCUT2D eigenvalue weighted by Gasteiger charge is 2.39. The predicted octanol–water partition coefficient (Wildman–Crippen LogP) is 2.25. The molecule has 0 aromatic carbocycles. The van der Waals surface area contributed by atoms with Crippen LogP contribution in [0, 0.1) is 23.2 Å². The van der Waals surface area contributed by atoms with Gasteiger partial charge >= 0.3 is 6.18 Å². The van der Waals surface area contributed by atoms with Crippen LogP contribution in [0.2, 0.25) is 0 Å². The number of alkyl halides is 3. The molecule has 3 atom stereocenters. The zero-order valence-electron chi connectivity index (χ0n) is 17.8. The van der Waals surface area contributed by atoms with Gasteiger partial charge < -0.3 is 20.9 Å². The van der Waals surface area contributed by atoms with Crippen LogP contribution < -0.4 is 16.0 Å². The summed E-state index contributed by atoms with van der Waals surface area (Å²) in [5.74, 6) is -1.82. The number of nitrogens with zero attached hydrogens (tertiary/aromatic N) is 1. The summed E-state index contributed by atoms with van der Waals surface area (Å²) in [5, 5.41) is 17.4. The van der Waals surface area contributed by atoms with E-state index in [4.69, 9.17) is 0 Å². The molecule has 2 fully saturated rings. The van der Waals surface area contributed by atoms with E-state index in [2.05, 4.69) is 16.0 Å². The topological polar surface area (TPSA) is 127 Å². The van der Waals surface area contributed by atoms with Crippen molar-refractivity contribution < 1.29 is 27.6 Å². The molecule has 2 heterocycles. The number of aromatic amines is 1. The van der Waals surface area contributed by atoms with E-state index >= 15 is 0 Å². The molecular formula is C21H26F3N5O3. The van der Waals surface area contributed by atoms with Gasteiger partial charge in [0.05, 0.1) is 6.07 Å². The molecule has 1 saturated heterocycles. The predicted molar refractivity (Wildman–Crippen MR) is 107 cm³/mol. The number of hydrogen-bond donors (Lipinski definition) is 4. The quantitative estimate of drug-likeness (QED) is 0.481. The number of nitrogens with one attached hydrogen (secondary N) is 4. The van der Waals surface area contributed by atoms with Crippen molar-refractivity contribution in [2.24, 2.45) is 11.8 Å². The number of amides is 3. The van der Waals surface area contributed by atoms with E-state index in [0.29, 0.717) is 12.8 Å². The summed E-state index contributed by atoms with van der Waals surface area (Å²) in [7, 11) is 0. The Morgan fingerprint density at radius 2 is 1.94 bits per heavy atom. The molecule has 3 unspecified atom stereocenters. The first-order valence-corrected chi connectivity index (χ1v) is 10.5. The lowest BCUT2D eigenvalue weighted by Gasteiger charge is -2.21. The lowest BCUT2D eigenvalue weighted by molar-refractivity contribution is -0.140. The van der Waals surface area contributed by atoms with Crippen molar-refractivity contribution in [3.05, 3.63) is 23.5 Å². The minimum Gasteiger partial charge on any atom is -0.351 e. The van der Waals surface area contributed by atoms with Gasteiger partial charge in [0.1, 0.15) is 23.5 Å². The Bertz CT molecular complexity index is 930. The third kappa shape index (κ3) is 6.02. The Labute approximate surface area is 183 Å². The molecule has 1 aromatic heterocycles. The molecule has 8 nitrogen and oxygen atoms in total. The Hall–Kier alpha value is -3.03. The fraction of sp³-hybridized carbons (Fsp3) is 0.619. The summed E-state index contributed by atoms with van der Waals surface area (Å²) in [5.41, 5.74) is -1.76. The fourth-order valence-electron chi connectivity index (χ4n) is 3.93. The zero-order chi connectivity index (χ0) is 23.7. The van der Waals surface area contributed by atoms with Crippen molar-refractivity contribution in [2.75, 3.05) is 0 Å². The number of nitriles is 1. The van der Waals surface area contributed by atoms with E-state index in [1.807, 2.05) is 24.9 Å². The monoisotopic (exact) mass is 453 g/mol. The third-order valence-electron chi connectivity index (χ3n) is 5.71. The average molecular weight is 453 g/mol. The molecule has 1 saturated carbocycles. The smallest absolute Gasteiger partial charge is 0.351 e. The van der Waals surface area contributed by atoms with Crippen molar-refractivity contribution in [1.29, 1.82) is 5.26 Å². The van der Waals surface area contributed by atoms with Crippen molar-refractivity contribution in [3.63, 3.8) is 0 Å². The highest BCUT2D eigenvalue weighted by atomic mass is 19.4. The number of carbonyl (C=O) groups excluding carboxylic acids is 3. The SMILES string of the molecule is CC1(C)CC(CC(C#N)NC(=O)C(CC2CC2)NC(=O)c2ccc(C(F)(F)F)[nH]2)C(=O)N1. The van der Waals surface area contributed by atoms with E-state index in [1.165, 1.54) is 0 Å². The normalized spacial score (nSPS) is 21.9. The number of hydrogen-bond acceptors (Lipinski definition) is 4. The van der Waals surface area contributed by atoms with Crippen LogP contribution in [-0.4, -0.2) is 40.3 Å². The first-order chi connectivity index (χ1) is 14.9. The van der Waals surface area contributed by atoms with Crippen molar-refractivity contribution >= 4 is 17.7 Å². The zero-order valence-corrected chi connectivity index (χ0v) is 17.8. The molecule has 0 spiro atoms. The largest absolute Gasteiger partial charge is 0.431 e. The first-order valence-electron chi connectivity index (χ1n) is 10.5. The standard InChI is InChI=1S/C21H26F3N5O3/c1-20(2)9-12(17(30)29-20)8-13(10-25)26-19(32)15(7-11-3-4-11)28-18(31)14-5-6-16(27-14)21(22,23)24/h5-6,11-13,15,27H,3-4,7-9H2,1-2H3,(H,26,32)(H,28,31)(H,29,30). The van der Waals surface area contributed by atoms with Gasteiger partial charge in [-0.15, -0.1) is 0 Å². The maximum Gasteiger partial charge on any atom is 0.431 e. The van der Waals surface area contributed by atoms with Crippen LogP contribution in [0.25, 0.3) is 0 Å². The van der Waals surface area contributed by atoms with Gasteiger partial charge in [0.25, 0.3) is 5.91 Å². The second kappa shape index (κ2) is 8.84. The Morgan fingerprint density at radius 1 is 1.25 bits per heavy atom. The molecule has 1 aliphatic heterocycles. The maximum absolute atomic E-state index is 12.8. The Morgan fingerprint density at radius 3 is 2.44 bits per heavy atom. The summed E-state index contributed by atoms with van der Waals surface area (Å²) >= 11 is 0. The van der Waals surface area contributed by atoms with Crippen LogP contribution in [0.1, 0.15) is 62.1 Å². The van der Waals surface area contributed by atoms with Gasteiger partial charge in [-0.25, -0.2) is 0 Å². The lowest BCUT2D eigenvalue weighted by atomic mass is 9.92. The summed E-state index contributed by atoms with van der Waals surface area (Å²) < 4.78 is 38.3. The molecule has 0 radical (unpaired) electrons. The molecule has 32 heavy (non-hydrogen) atoms. The molecule has 11 heteroatoms. The van der Waals surface area contributed by atoms with Gasteiger partial charge in [-0.3, -0.25) is 14.4 Å². The molecule has 3 rings (SSSR count). The molecule has 1 aliphatic carbocycles. The second-order valence-corrected chi connectivity index (χ2v) is 9.19. The van der Waals surface area contributed by atoms with Gasteiger partial charge in [0.2, 0.25) is 11.8 Å². The van der Waals surface area contributed by atoms with E-state index in [-0.39, 0.29) is 29.5 Å². The van der Waals surface area contributed by atoms with Crippen LogP contribution in [-0.2, 0) is 15.8 Å². The summed E-state index contributed by atoms with van der Waals surface area (Å²) in [6.07, 6.45) is -1.87. The lowest BCUT2D eigenvalue weighted by Crippen LogP contribution is -2.50. The Balaban J connectivity index is 1.63. The van der Waals surface area contributed by atoms with Crippen LogP contribution in [0.5, 0.6) is 0 Å². The number of carbonyl (C=O) groups is 3. The minimum absolute atomic E-state index is 0.132. The second-order valence-electron chi connectivity index (χ2n) is 9.19. The number of aromatic nitrogens is 1. The maximum atomic E-state index is 12.8. The van der Waals surface area contributed by atoms with Crippen molar-refractivity contribution in [2.45, 2.75) is 69.8 Å². The van der Waals surface area contributed by atoms with Crippen LogP contribution in [0.4, 0.5) is 13.2 Å². The number of H-pyrrole nitrogens is 1. The third-order valence-corrected chi connectivity index (χ3v) is 5.71. The summed E-state index contributed by atoms with van der Waals surface area (Å²) in [6, 6.07) is 1.80. The Kier molecular flexibility index (Phi) is 6.53. The average Bonchev–Trinajstić information content (AvgIpc) is 3.26. The molecule has 174 valence electrons. The van der Waals surface area contributed by atoms with E-state index < -0.39 is 41.7 Å². The van der Waals surface area contributed by atoms with Gasteiger partial charge in [-0.1, -0.05) is 12.8 Å². The summed E-state index contributed by atoms with van der Waals surface area (Å²) in [6.45, 7) is 3.74. The number of halogens is 3.